The predicted octanol–water partition coefficient (Wildman–Crippen LogP) is 4.24. The van der Waals surface area contributed by atoms with Crippen molar-refractivity contribution in [1.82, 2.24) is 0 Å². The molecule has 13 heteroatoms. The monoisotopic (exact) mass is 653 g/mol. The maximum atomic E-state index is 13.4. The summed E-state index contributed by atoms with van der Waals surface area (Å²) in [7, 11) is -9.57. The number of carboxylic acids is 1. The molecule has 45 heavy (non-hydrogen) atoms. The highest BCUT2D eigenvalue weighted by Gasteiger charge is 2.41. The molecule has 6 rings (SSSR count). The number of fused-ring (bicyclic) bond motifs is 4. The molecule has 0 amide bonds. The van der Waals surface area contributed by atoms with Gasteiger partial charge in [0.2, 0.25) is 10.0 Å². The number of nitrogens with one attached hydrogen (secondary N) is 1. The highest BCUT2D eigenvalue weighted by molar-refractivity contribution is 7.89. The average molecular weight is 654 g/mol. The van der Waals surface area contributed by atoms with Gasteiger partial charge in [-0.15, -0.1) is 0 Å². The molecule has 11 nitrogen and oxygen atoms in total. The van der Waals surface area contributed by atoms with Crippen LogP contribution >= 0.6 is 0 Å². The van der Waals surface area contributed by atoms with Crippen LogP contribution in [0.15, 0.2) is 51.2 Å². The Balaban J connectivity index is 1.92. The molecule has 0 saturated heterocycles. The van der Waals surface area contributed by atoms with E-state index in [2.05, 4.69) is 5.32 Å². The van der Waals surface area contributed by atoms with Gasteiger partial charge in [0, 0.05) is 21.9 Å². The van der Waals surface area contributed by atoms with Crippen molar-refractivity contribution in [2.75, 3.05) is 5.32 Å². The van der Waals surface area contributed by atoms with Crippen molar-refractivity contribution < 1.29 is 36.0 Å². The molecule has 0 bridgehead atoms. The summed E-state index contributed by atoms with van der Waals surface area (Å²) >= 11 is 0. The first-order valence-corrected chi connectivity index (χ1v) is 17.5. The molecule has 0 aliphatic carbocycles. The molecular weight excluding hydrogens is 618 g/mol. The number of rotatable bonds is 4. The summed E-state index contributed by atoms with van der Waals surface area (Å²) in [5, 5.41) is 19.6. The van der Waals surface area contributed by atoms with Crippen LogP contribution in [0.2, 0.25) is 0 Å². The van der Waals surface area contributed by atoms with Gasteiger partial charge in [0.15, 0.2) is 16.4 Å². The lowest BCUT2D eigenvalue weighted by Gasteiger charge is -2.40. The average Bonchev–Trinajstić information content (AvgIpc) is 2.87. The summed E-state index contributed by atoms with van der Waals surface area (Å²) in [5.74, 6) is -2.22. The zero-order chi connectivity index (χ0) is 33.0. The number of anilines is 1. The van der Waals surface area contributed by atoms with Crippen LogP contribution in [0.4, 0.5) is 5.69 Å². The number of sulfonamides is 1. The summed E-state index contributed by atoms with van der Waals surface area (Å²) in [5.41, 5.74) is 0.730. The van der Waals surface area contributed by atoms with E-state index in [1.165, 1.54) is 6.07 Å². The van der Waals surface area contributed by atoms with Gasteiger partial charge in [0.05, 0.1) is 22.1 Å². The predicted molar refractivity (Wildman–Crippen MR) is 168 cm³/mol. The molecular formula is C32H35N3O8S2. The number of hydrogen-bond donors (Lipinski definition) is 4. The number of nitrogens with two attached hydrogens (primary N) is 1. The summed E-state index contributed by atoms with van der Waals surface area (Å²) < 4.78 is 70.3. The molecule has 238 valence electrons. The number of ether oxygens (including phenoxy) is 1. The highest BCUT2D eigenvalue weighted by Crippen LogP contribution is 2.51. The van der Waals surface area contributed by atoms with Gasteiger partial charge in [-0.1, -0.05) is 32.0 Å². The third-order valence-electron chi connectivity index (χ3n) is 8.78. The maximum Gasteiger partial charge on any atom is 0.336 e. The second-order valence-electron chi connectivity index (χ2n) is 13.6. The number of primary sulfonamides is 1. The molecule has 5 N–H and O–H groups in total. The normalized spacial score (nSPS) is 21.2. The van der Waals surface area contributed by atoms with Gasteiger partial charge in [-0.3, -0.25) is 9.55 Å². The standard InChI is InChI=1S/C32H35N3O8S2/c1-15-13-31(3,4)34-24-19(15)11-21-23(17-9-7-8-10-18(17)30(36)37)22-12-20-16(2)14-32(5,6)35-25(20)29(45(40,41)42)27(22)43-26(21)28(24)44(33,38)39/h7-12,15-16,34H,13-14H2,1-6H3,(H,36,37)(H2,33,38,39)(H,40,41,42). The first-order chi connectivity index (χ1) is 20.7. The fourth-order valence-electron chi connectivity index (χ4n) is 7.30. The van der Waals surface area contributed by atoms with Gasteiger partial charge in [-0.05, 0) is 87.3 Å². The van der Waals surface area contributed by atoms with E-state index in [4.69, 9.17) is 14.9 Å². The van der Waals surface area contributed by atoms with Crippen LogP contribution in [0.5, 0.6) is 11.5 Å². The summed E-state index contributed by atoms with van der Waals surface area (Å²) in [6.45, 7) is 11.4. The fraction of sp³-hybridized carbons (Fsp3) is 0.375. The first kappa shape index (κ1) is 31.2. The number of nitrogens with zero attached hydrogens (tertiary/aromatic N) is 1. The van der Waals surface area contributed by atoms with Crippen LogP contribution in [-0.2, 0) is 20.1 Å². The smallest absolute Gasteiger partial charge is 0.336 e. The molecule has 3 aliphatic rings. The minimum Gasteiger partial charge on any atom is -0.478 e. The van der Waals surface area contributed by atoms with E-state index < -0.39 is 47.0 Å². The van der Waals surface area contributed by atoms with Gasteiger partial charge >= 0.3 is 5.97 Å². The Kier molecular flexibility index (Phi) is 6.84. The van der Waals surface area contributed by atoms with E-state index in [1.807, 2.05) is 41.5 Å². The molecule has 3 aliphatic heterocycles. The lowest BCUT2D eigenvalue weighted by atomic mass is 9.79. The lowest BCUT2D eigenvalue weighted by Crippen LogP contribution is -2.39. The Morgan fingerprint density at radius 2 is 1.60 bits per heavy atom. The van der Waals surface area contributed by atoms with Crippen molar-refractivity contribution >= 4 is 37.4 Å². The van der Waals surface area contributed by atoms with Crippen LogP contribution in [-0.4, -0.2) is 43.5 Å². The molecule has 0 radical (unpaired) electrons. The Bertz CT molecular complexity index is 2190. The topological polar surface area (TPSA) is 185 Å². The van der Waals surface area contributed by atoms with Gasteiger partial charge in [-0.25, -0.2) is 18.4 Å². The number of hydrogen-bond acceptors (Lipinski definition) is 8. The SMILES string of the molecule is CC1CC(C)(C)Nc2c1cc1c(c2S(N)(=O)=O)Oc2c(S(=O)(=O)O)c3c(cc2=C1c1ccccc1C(=O)O)C(C)CC(C)(C)N=3. The molecule has 0 saturated carbocycles. The summed E-state index contributed by atoms with van der Waals surface area (Å²) in [6.07, 6.45) is 1.22. The number of aromatic carboxylic acids is 1. The zero-order valence-electron chi connectivity index (χ0n) is 25.7. The fourth-order valence-corrected chi connectivity index (χ4v) is 8.96. The molecule has 3 aromatic rings. The van der Waals surface area contributed by atoms with Gasteiger partial charge in [-0.2, -0.15) is 8.42 Å². The molecule has 3 heterocycles. The number of benzene rings is 3. The summed E-state index contributed by atoms with van der Waals surface area (Å²) in [4.78, 5) is 16.2. The van der Waals surface area contributed by atoms with Crippen molar-refractivity contribution in [2.24, 2.45) is 10.1 Å². The highest BCUT2D eigenvalue weighted by atomic mass is 32.2. The van der Waals surface area contributed by atoms with E-state index in [1.54, 1.807) is 30.3 Å². The van der Waals surface area contributed by atoms with Gasteiger partial charge < -0.3 is 15.2 Å². The second-order valence-corrected chi connectivity index (χ2v) is 16.4. The van der Waals surface area contributed by atoms with E-state index in [-0.39, 0.29) is 61.9 Å². The van der Waals surface area contributed by atoms with E-state index >= 15 is 0 Å². The molecule has 2 unspecified atom stereocenters. The molecule has 2 atom stereocenters. The third-order valence-corrected chi connectivity index (χ3v) is 10.6. The van der Waals surface area contributed by atoms with Crippen LogP contribution in [0.3, 0.4) is 0 Å². The largest absolute Gasteiger partial charge is 0.478 e. The van der Waals surface area contributed by atoms with Crippen LogP contribution in [0.1, 0.15) is 98.8 Å². The van der Waals surface area contributed by atoms with Crippen molar-refractivity contribution in [1.29, 1.82) is 0 Å². The minimum atomic E-state index is -5.03. The number of carbonyl (C=O) groups is 1. The van der Waals surface area contributed by atoms with Crippen molar-refractivity contribution in [2.45, 2.75) is 87.1 Å². The third kappa shape index (κ3) is 5.11. The first-order valence-electron chi connectivity index (χ1n) is 14.5. The van der Waals surface area contributed by atoms with Crippen molar-refractivity contribution in [3.8, 4) is 11.5 Å². The number of carboxylic acid groups (broad SMARTS) is 1. The Morgan fingerprint density at radius 3 is 2.22 bits per heavy atom. The Labute approximate surface area is 261 Å². The maximum absolute atomic E-state index is 13.4. The van der Waals surface area contributed by atoms with E-state index in [0.717, 1.165) is 0 Å². The van der Waals surface area contributed by atoms with E-state index in [9.17, 15) is 31.3 Å². The minimum absolute atomic E-state index is 0.0114. The molecule has 0 aromatic heterocycles. The van der Waals surface area contributed by atoms with E-state index in [0.29, 0.717) is 24.0 Å². The van der Waals surface area contributed by atoms with Crippen LogP contribution in [0, 0.1) is 0 Å². The van der Waals surface area contributed by atoms with Crippen LogP contribution < -0.4 is 25.8 Å². The molecule has 0 spiro atoms. The Morgan fingerprint density at radius 1 is 0.956 bits per heavy atom. The Hall–Kier alpha value is -3.78. The van der Waals surface area contributed by atoms with Gasteiger partial charge in [0.1, 0.15) is 4.90 Å². The zero-order valence-corrected chi connectivity index (χ0v) is 27.4. The lowest BCUT2D eigenvalue weighted by molar-refractivity contribution is 0.0696. The second kappa shape index (κ2) is 9.86. The van der Waals surface area contributed by atoms with Crippen molar-refractivity contribution in [3.05, 3.63) is 74.8 Å². The quantitative estimate of drug-likeness (QED) is 0.234. The van der Waals surface area contributed by atoms with Gasteiger partial charge in [0.25, 0.3) is 10.1 Å². The summed E-state index contributed by atoms with van der Waals surface area (Å²) in [6, 6.07) is 9.64. The van der Waals surface area contributed by atoms with Crippen molar-refractivity contribution in [3.63, 3.8) is 0 Å². The molecule has 0 fully saturated rings. The van der Waals surface area contributed by atoms with Crippen LogP contribution in [0.25, 0.3) is 5.57 Å². The molecule has 3 aromatic carbocycles.